The molecule has 0 bridgehead atoms. The van der Waals surface area contributed by atoms with Crippen molar-refractivity contribution in [1.82, 2.24) is 20.0 Å². The van der Waals surface area contributed by atoms with E-state index in [2.05, 4.69) is 51.5 Å². The molecule has 0 unspecified atom stereocenters. The fraction of sp³-hybridized carbons (Fsp3) is 0.292. The second-order valence-corrected chi connectivity index (χ2v) is 7.43. The molecular weight excluding hydrogens is 513 g/mol. The number of nitrogens with one attached hydrogen (secondary N) is 1. The number of nitrogens with zero attached hydrogens (tertiary/aromatic N) is 5. The van der Waals surface area contributed by atoms with E-state index in [0.717, 1.165) is 24.6 Å². The lowest BCUT2D eigenvalue weighted by Gasteiger charge is -2.23. The third kappa shape index (κ3) is 6.01. The second-order valence-electron chi connectivity index (χ2n) is 7.43. The maximum absolute atomic E-state index is 9.55. The number of anilines is 1. The summed E-state index contributed by atoms with van der Waals surface area (Å²) in [7, 11) is 3.81. The highest BCUT2D eigenvalue weighted by Crippen LogP contribution is 2.21. The van der Waals surface area contributed by atoms with E-state index in [-0.39, 0.29) is 24.0 Å². The summed E-state index contributed by atoms with van der Waals surface area (Å²) in [6.07, 6.45) is 1.45. The number of nitrogens with two attached hydrogens (primary N) is 1. The lowest BCUT2D eigenvalue weighted by Crippen LogP contribution is -2.39. The number of rotatable bonds is 7. The van der Waals surface area contributed by atoms with Crippen LogP contribution in [0.1, 0.15) is 28.8 Å². The van der Waals surface area contributed by atoms with Gasteiger partial charge in [0.05, 0.1) is 11.4 Å². The molecule has 0 fully saturated rings. The summed E-state index contributed by atoms with van der Waals surface area (Å²) in [6.45, 7) is 3.61. The summed E-state index contributed by atoms with van der Waals surface area (Å²) in [5, 5.41) is 17.5. The minimum atomic E-state index is 0. The molecule has 32 heavy (non-hydrogen) atoms. The molecule has 1 aromatic heterocycles. The first kappa shape index (κ1) is 25.2. The van der Waals surface area contributed by atoms with Crippen LogP contribution in [0.3, 0.4) is 0 Å². The van der Waals surface area contributed by atoms with Gasteiger partial charge in [-0.05, 0) is 43.0 Å². The number of aromatic nitrogens is 2. The zero-order valence-electron chi connectivity index (χ0n) is 18.7. The highest BCUT2D eigenvalue weighted by molar-refractivity contribution is 14.0. The van der Waals surface area contributed by atoms with E-state index >= 15 is 0 Å². The van der Waals surface area contributed by atoms with Crippen molar-refractivity contribution in [3.63, 3.8) is 0 Å². The van der Waals surface area contributed by atoms with Crippen LogP contribution in [-0.2, 0) is 13.0 Å². The predicted octanol–water partition coefficient (Wildman–Crippen LogP) is 3.89. The van der Waals surface area contributed by atoms with Gasteiger partial charge in [-0.25, -0.2) is 4.68 Å². The summed E-state index contributed by atoms with van der Waals surface area (Å²) in [5.74, 6) is 1.21. The molecule has 0 saturated carbocycles. The first-order valence-electron chi connectivity index (χ1n) is 10.3. The standard InChI is InChI=1S/C24H29N7.HI/c1-18-10-7-8-11-19(18)17-30(3)24(27-2)28-15-9-14-22-21(16-25)23(26)31(29-22)20-12-5-4-6-13-20;/h4-8,10-13H,9,14-15,17,26H2,1-3H3,(H,27,28);1H. The first-order valence-corrected chi connectivity index (χ1v) is 10.3. The van der Waals surface area contributed by atoms with Crippen molar-refractivity contribution in [2.75, 3.05) is 26.4 Å². The molecule has 168 valence electrons. The molecule has 3 aromatic rings. The molecule has 0 atom stereocenters. The van der Waals surface area contributed by atoms with E-state index in [4.69, 9.17) is 5.73 Å². The van der Waals surface area contributed by atoms with Gasteiger partial charge in [0.25, 0.3) is 0 Å². The van der Waals surface area contributed by atoms with E-state index < -0.39 is 0 Å². The van der Waals surface area contributed by atoms with Crippen LogP contribution in [0.4, 0.5) is 5.82 Å². The second kappa shape index (κ2) is 12.1. The summed E-state index contributed by atoms with van der Waals surface area (Å²) in [6, 6.07) is 20.2. The van der Waals surface area contributed by atoms with Gasteiger partial charge in [-0.15, -0.1) is 24.0 Å². The first-order chi connectivity index (χ1) is 15.0. The number of para-hydroxylation sites is 1. The Bertz CT molecular complexity index is 1080. The minimum absolute atomic E-state index is 0. The van der Waals surface area contributed by atoms with E-state index in [0.29, 0.717) is 30.0 Å². The van der Waals surface area contributed by atoms with Crippen LogP contribution in [0.5, 0.6) is 0 Å². The lowest BCUT2D eigenvalue weighted by molar-refractivity contribution is 0.474. The van der Waals surface area contributed by atoms with E-state index in [9.17, 15) is 5.26 Å². The molecule has 0 amide bonds. The van der Waals surface area contributed by atoms with Crippen molar-refractivity contribution in [2.45, 2.75) is 26.3 Å². The summed E-state index contributed by atoms with van der Waals surface area (Å²) < 4.78 is 1.64. The molecule has 3 rings (SSSR count). The molecule has 7 nitrogen and oxygen atoms in total. The maximum Gasteiger partial charge on any atom is 0.193 e. The molecule has 2 aromatic carbocycles. The largest absolute Gasteiger partial charge is 0.382 e. The molecule has 0 saturated heterocycles. The summed E-state index contributed by atoms with van der Waals surface area (Å²) >= 11 is 0. The zero-order valence-corrected chi connectivity index (χ0v) is 21.1. The lowest BCUT2D eigenvalue weighted by atomic mass is 10.1. The molecule has 0 aliphatic carbocycles. The van der Waals surface area contributed by atoms with Crippen molar-refractivity contribution >= 4 is 35.8 Å². The number of benzene rings is 2. The Labute approximate surface area is 207 Å². The van der Waals surface area contributed by atoms with Crippen LogP contribution in [0, 0.1) is 18.3 Å². The number of nitrogen functional groups attached to an aromatic ring is 1. The normalized spacial score (nSPS) is 10.9. The number of guanidine groups is 1. The number of aliphatic imine (C=N–C) groups is 1. The highest BCUT2D eigenvalue weighted by Gasteiger charge is 2.16. The average Bonchev–Trinajstić information content (AvgIpc) is 3.11. The number of hydrogen-bond acceptors (Lipinski definition) is 4. The van der Waals surface area contributed by atoms with Gasteiger partial charge >= 0.3 is 0 Å². The van der Waals surface area contributed by atoms with Crippen LogP contribution < -0.4 is 11.1 Å². The van der Waals surface area contributed by atoms with E-state index in [1.165, 1.54) is 11.1 Å². The molecule has 0 aliphatic rings. The van der Waals surface area contributed by atoms with Crippen molar-refractivity contribution in [1.29, 1.82) is 5.26 Å². The van der Waals surface area contributed by atoms with Gasteiger partial charge in [-0.1, -0.05) is 42.5 Å². The topological polar surface area (TPSA) is 95.3 Å². The molecule has 3 N–H and O–H groups in total. The van der Waals surface area contributed by atoms with Crippen molar-refractivity contribution in [3.8, 4) is 11.8 Å². The molecule has 1 heterocycles. The Morgan fingerprint density at radius 3 is 2.53 bits per heavy atom. The van der Waals surface area contributed by atoms with Gasteiger partial charge in [0.2, 0.25) is 0 Å². The van der Waals surface area contributed by atoms with Gasteiger partial charge in [0.15, 0.2) is 5.96 Å². The quantitative estimate of drug-likeness (QED) is 0.204. The highest BCUT2D eigenvalue weighted by atomic mass is 127. The fourth-order valence-electron chi connectivity index (χ4n) is 3.50. The Morgan fingerprint density at radius 2 is 1.88 bits per heavy atom. The third-order valence-corrected chi connectivity index (χ3v) is 5.22. The molecule has 0 aliphatic heterocycles. The Balaban J connectivity index is 0.00000363. The average molecular weight is 543 g/mol. The van der Waals surface area contributed by atoms with Gasteiger partial charge in [0, 0.05) is 27.2 Å². The monoisotopic (exact) mass is 543 g/mol. The predicted molar refractivity (Wildman–Crippen MR) is 140 cm³/mol. The molecule has 0 spiro atoms. The van der Waals surface area contributed by atoms with Crippen molar-refractivity contribution in [3.05, 3.63) is 77.0 Å². The number of aryl methyl sites for hydroxylation is 2. The van der Waals surface area contributed by atoms with E-state index in [1.807, 2.05) is 43.4 Å². The Morgan fingerprint density at radius 1 is 1.19 bits per heavy atom. The maximum atomic E-state index is 9.55. The van der Waals surface area contributed by atoms with Crippen LogP contribution in [0.15, 0.2) is 59.6 Å². The Kier molecular flexibility index (Phi) is 9.53. The van der Waals surface area contributed by atoms with Gasteiger partial charge < -0.3 is 16.0 Å². The smallest absolute Gasteiger partial charge is 0.193 e. The van der Waals surface area contributed by atoms with Crippen LogP contribution >= 0.6 is 24.0 Å². The van der Waals surface area contributed by atoms with Crippen molar-refractivity contribution < 1.29 is 0 Å². The van der Waals surface area contributed by atoms with E-state index in [1.54, 1.807) is 11.7 Å². The summed E-state index contributed by atoms with van der Waals surface area (Å²) in [5.41, 5.74) is 10.7. The molecule has 0 radical (unpaired) electrons. The van der Waals surface area contributed by atoms with Gasteiger partial charge in [0.1, 0.15) is 17.5 Å². The van der Waals surface area contributed by atoms with Crippen molar-refractivity contribution in [2.24, 2.45) is 4.99 Å². The SMILES string of the molecule is CN=C(NCCCc1nn(-c2ccccc2)c(N)c1C#N)N(C)Cc1ccccc1C.I. The minimum Gasteiger partial charge on any atom is -0.382 e. The third-order valence-electron chi connectivity index (χ3n) is 5.22. The Hall–Kier alpha value is -3.06. The van der Waals surface area contributed by atoms with Crippen LogP contribution in [0.25, 0.3) is 5.69 Å². The van der Waals surface area contributed by atoms with Gasteiger partial charge in [-0.2, -0.15) is 10.4 Å². The number of hydrogen-bond donors (Lipinski definition) is 2. The number of nitriles is 1. The fourth-order valence-corrected chi connectivity index (χ4v) is 3.50. The summed E-state index contributed by atoms with van der Waals surface area (Å²) in [4.78, 5) is 6.49. The van der Waals surface area contributed by atoms with Gasteiger partial charge in [-0.3, -0.25) is 4.99 Å². The van der Waals surface area contributed by atoms with Crippen LogP contribution in [-0.4, -0.2) is 41.3 Å². The molecule has 8 heteroatoms. The van der Waals surface area contributed by atoms with Crippen LogP contribution in [0.2, 0.25) is 0 Å². The molecular formula is C24H30IN7. The number of halogens is 1. The zero-order chi connectivity index (χ0) is 22.2.